The Labute approximate surface area is 124 Å². The van der Waals surface area contributed by atoms with Crippen LogP contribution >= 0.6 is 0 Å². The van der Waals surface area contributed by atoms with E-state index >= 15 is 0 Å². The highest BCUT2D eigenvalue weighted by Crippen LogP contribution is 2.14. The van der Waals surface area contributed by atoms with Gasteiger partial charge in [0, 0.05) is 37.8 Å². The number of ether oxygens (including phenoxy) is 1. The van der Waals surface area contributed by atoms with Gasteiger partial charge >= 0.3 is 5.97 Å². The van der Waals surface area contributed by atoms with Gasteiger partial charge in [0.2, 0.25) is 5.88 Å². The SMILES string of the molecule is CCC(C)Oc1cc(C(=O)N(C)CCCC(=O)O)ccn1. The van der Waals surface area contributed by atoms with Crippen LogP contribution in [-0.2, 0) is 4.79 Å². The Morgan fingerprint density at radius 1 is 1.48 bits per heavy atom. The number of carboxylic acids is 1. The van der Waals surface area contributed by atoms with Crippen LogP contribution in [0.3, 0.4) is 0 Å². The minimum absolute atomic E-state index is 0.0381. The summed E-state index contributed by atoms with van der Waals surface area (Å²) < 4.78 is 5.59. The van der Waals surface area contributed by atoms with Crippen LogP contribution in [0.5, 0.6) is 5.88 Å². The first-order valence-corrected chi connectivity index (χ1v) is 7.04. The minimum Gasteiger partial charge on any atom is -0.481 e. The maximum absolute atomic E-state index is 12.2. The number of aliphatic carboxylic acids is 1. The molecule has 0 aliphatic rings. The molecule has 0 saturated heterocycles. The van der Waals surface area contributed by atoms with Crippen molar-refractivity contribution in [3.8, 4) is 5.88 Å². The zero-order valence-electron chi connectivity index (χ0n) is 12.7. The van der Waals surface area contributed by atoms with Crippen LogP contribution in [0.4, 0.5) is 0 Å². The Kier molecular flexibility index (Phi) is 6.65. The molecule has 116 valence electrons. The number of nitrogens with zero attached hydrogens (tertiary/aromatic N) is 2. The molecule has 1 aromatic heterocycles. The van der Waals surface area contributed by atoms with Crippen LogP contribution in [-0.4, -0.2) is 46.6 Å². The normalized spacial score (nSPS) is 11.8. The van der Waals surface area contributed by atoms with Gasteiger partial charge in [0.1, 0.15) is 0 Å². The highest BCUT2D eigenvalue weighted by Gasteiger charge is 2.13. The molecule has 0 bridgehead atoms. The largest absolute Gasteiger partial charge is 0.481 e. The summed E-state index contributed by atoms with van der Waals surface area (Å²) in [6.07, 6.45) is 2.91. The predicted molar refractivity (Wildman–Crippen MR) is 78.4 cm³/mol. The highest BCUT2D eigenvalue weighted by atomic mass is 16.5. The van der Waals surface area contributed by atoms with Crippen molar-refractivity contribution in [3.05, 3.63) is 23.9 Å². The molecule has 0 saturated carbocycles. The van der Waals surface area contributed by atoms with Crippen LogP contribution in [0.25, 0.3) is 0 Å². The van der Waals surface area contributed by atoms with Gasteiger partial charge in [0.25, 0.3) is 5.91 Å². The molecule has 1 atom stereocenters. The van der Waals surface area contributed by atoms with Crippen molar-refractivity contribution in [2.75, 3.05) is 13.6 Å². The Hall–Kier alpha value is -2.11. The third-order valence-electron chi connectivity index (χ3n) is 3.11. The van der Waals surface area contributed by atoms with Crippen molar-refractivity contribution < 1.29 is 19.4 Å². The third kappa shape index (κ3) is 5.81. The minimum atomic E-state index is -0.857. The lowest BCUT2D eigenvalue weighted by molar-refractivity contribution is -0.137. The molecule has 1 rings (SSSR count). The molecule has 0 spiro atoms. The van der Waals surface area contributed by atoms with Gasteiger partial charge in [0.15, 0.2) is 0 Å². The van der Waals surface area contributed by atoms with E-state index in [2.05, 4.69) is 4.98 Å². The zero-order valence-corrected chi connectivity index (χ0v) is 12.7. The Balaban J connectivity index is 2.64. The van der Waals surface area contributed by atoms with Gasteiger partial charge in [-0.1, -0.05) is 6.92 Å². The fourth-order valence-corrected chi connectivity index (χ4v) is 1.69. The first kappa shape index (κ1) is 16.9. The van der Waals surface area contributed by atoms with E-state index in [4.69, 9.17) is 9.84 Å². The summed E-state index contributed by atoms with van der Waals surface area (Å²) in [5.74, 6) is -0.602. The summed E-state index contributed by atoms with van der Waals surface area (Å²) in [7, 11) is 1.65. The van der Waals surface area contributed by atoms with Crippen LogP contribution in [0, 0.1) is 0 Å². The topological polar surface area (TPSA) is 79.7 Å². The molecule has 0 aliphatic heterocycles. The number of carbonyl (C=O) groups excluding carboxylic acids is 1. The van der Waals surface area contributed by atoms with E-state index < -0.39 is 5.97 Å². The number of hydrogen-bond acceptors (Lipinski definition) is 4. The van der Waals surface area contributed by atoms with E-state index in [0.29, 0.717) is 24.4 Å². The summed E-state index contributed by atoms with van der Waals surface area (Å²) in [5.41, 5.74) is 0.487. The molecule has 0 radical (unpaired) electrons. The van der Waals surface area contributed by atoms with Crippen molar-refractivity contribution in [1.82, 2.24) is 9.88 Å². The average molecular weight is 294 g/mol. The Morgan fingerprint density at radius 2 is 2.19 bits per heavy atom. The number of aromatic nitrogens is 1. The molecule has 0 aliphatic carbocycles. The van der Waals surface area contributed by atoms with Crippen molar-refractivity contribution in [1.29, 1.82) is 0 Å². The van der Waals surface area contributed by atoms with Crippen LogP contribution in [0.2, 0.25) is 0 Å². The monoisotopic (exact) mass is 294 g/mol. The number of rotatable bonds is 8. The quantitative estimate of drug-likeness (QED) is 0.795. The maximum atomic E-state index is 12.2. The van der Waals surface area contributed by atoms with Crippen LogP contribution in [0.15, 0.2) is 18.3 Å². The van der Waals surface area contributed by atoms with E-state index in [0.717, 1.165) is 6.42 Å². The first-order chi connectivity index (χ1) is 9.93. The van der Waals surface area contributed by atoms with Gasteiger partial charge in [-0.25, -0.2) is 4.98 Å². The zero-order chi connectivity index (χ0) is 15.8. The predicted octanol–water partition coefficient (Wildman–Crippen LogP) is 2.20. The maximum Gasteiger partial charge on any atom is 0.303 e. The molecular formula is C15H22N2O4. The van der Waals surface area contributed by atoms with E-state index in [1.54, 1.807) is 19.2 Å². The van der Waals surface area contributed by atoms with Gasteiger partial charge in [-0.05, 0) is 25.8 Å². The van der Waals surface area contributed by atoms with E-state index in [-0.39, 0.29) is 18.4 Å². The molecule has 1 N–H and O–H groups in total. The smallest absolute Gasteiger partial charge is 0.303 e. The van der Waals surface area contributed by atoms with E-state index in [1.165, 1.54) is 11.1 Å². The summed E-state index contributed by atoms with van der Waals surface area (Å²) in [4.78, 5) is 28.3. The number of hydrogen-bond donors (Lipinski definition) is 1. The molecular weight excluding hydrogens is 272 g/mol. The standard InChI is InChI=1S/C15H22N2O4/c1-4-11(2)21-13-10-12(7-8-16-13)15(20)17(3)9-5-6-14(18)19/h7-8,10-11H,4-6,9H2,1-3H3,(H,18,19). The van der Waals surface area contributed by atoms with Gasteiger partial charge in [-0.15, -0.1) is 0 Å². The summed E-state index contributed by atoms with van der Waals surface area (Å²) >= 11 is 0. The van der Waals surface area contributed by atoms with E-state index in [9.17, 15) is 9.59 Å². The van der Waals surface area contributed by atoms with Gasteiger partial charge < -0.3 is 14.7 Å². The van der Waals surface area contributed by atoms with E-state index in [1.807, 2.05) is 13.8 Å². The van der Waals surface area contributed by atoms with Gasteiger partial charge in [-0.3, -0.25) is 9.59 Å². The molecule has 0 aromatic carbocycles. The fourth-order valence-electron chi connectivity index (χ4n) is 1.69. The number of carboxylic acid groups (broad SMARTS) is 1. The highest BCUT2D eigenvalue weighted by molar-refractivity contribution is 5.94. The lowest BCUT2D eigenvalue weighted by Crippen LogP contribution is -2.28. The number of carbonyl (C=O) groups is 2. The summed E-state index contributed by atoms with van der Waals surface area (Å²) in [6.45, 7) is 4.35. The van der Waals surface area contributed by atoms with Crippen molar-refractivity contribution in [2.45, 2.75) is 39.2 Å². The molecule has 21 heavy (non-hydrogen) atoms. The number of amides is 1. The first-order valence-electron chi connectivity index (χ1n) is 7.04. The molecule has 1 aromatic rings. The summed E-state index contributed by atoms with van der Waals surface area (Å²) in [6, 6.07) is 3.24. The second-order valence-corrected chi connectivity index (χ2v) is 4.94. The second kappa shape index (κ2) is 8.24. The van der Waals surface area contributed by atoms with Crippen LogP contribution in [0.1, 0.15) is 43.5 Å². The lowest BCUT2D eigenvalue weighted by atomic mass is 10.2. The molecule has 1 unspecified atom stereocenters. The van der Waals surface area contributed by atoms with Gasteiger partial charge in [-0.2, -0.15) is 0 Å². The Morgan fingerprint density at radius 3 is 2.81 bits per heavy atom. The van der Waals surface area contributed by atoms with Crippen molar-refractivity contribution in [2.24, 2.45) is 0 Å². The van der Waals surface area contributed by atoms with Crippen molar-refractivity contribution in [3.63, 3.8) is 0 Å². The molecule has 1 heterocycles. The second-order valence-electron chi connectivity index (χ2n) is 4.94. The molecule has 6 heteroatoms. The molecule has 6 nitrogen and oxygen atoms in total. The van der Waals surface area contributed by atoms with Crippen LogP contribution < -0.4 is 4.74 Å². The van der Waals surface area contributed by atoms with Crippen molar-refractivity contribution >= 4 is 11.9 Å². The van der Waals surface area contributed by atoms with Gasteiger partial charge in [0.05, 0.1) is 6.10 Å². The third-order valence-corrected chi connectivity index (χ3v) is 3.11. The average Bonchev–Trinajstić information content (AvgIpc) is 2.46. The molecule has 1 amide bonds. The lowest BCUT2D eigenvalue weighted by Gasteiger charge is -2.17. The number of pyridine rings is 1. The fraction of sp³-hybridized carbons (Fsp3) is 0.533. The Bertz CT molecular complexity index is 490. The molecule has 0 fully saturated rings. The summed E-state index contributed by atoms with van der Waals surface area (Å²) in [5, 5.41) is 8.60.